The van der Waals surface area contributed by atoms with Crippen LogP contribution >= 0.6 is 0 Å². The summed E-state index contributed by atoms with van der Waals surface area (Å²) in [5.41, 5.74) is 0. The summed E-state index contributed by atoms with van der Waals surface area (Å²) < 4.78 is 0. The minimum absolute atomic E-state index is 0. The second-order valence-corrected chi connectivity index (χ2v) is 6.79. The number of hydrogen-bond donors (Lipinski definition) is 0. The minimum Gasteiger partial charge on any atom is -1.00 e. The Balaban J connectivity index is 0. The minimum atomic E-state index is -2.92. The van der Waals surface area contributed by atoms with Gasteiger partial charge in [-0.25, -0.2) is 0 Å². The summed E-state index contributed by atoms with van der Waals surface area (Å²) in [6.45, 7) is 3.99. The molecule has 4 aliphatic rings. The van der Waals surface area contributed by atoms with E-state index < -0.39 is 7.32 Å². The predicted octanol–water partition coefficient (Wildman–Crippen LogP) is -3.72. The molecule has 0 radical (unpaired) electrons. The summed E-state index contributed by atoms with van der Waals surface area (Å²) in [5.74, 6) is 0. The van der Waals surface area contributed by atoms with E-state index in [2.05, 4.69) is 43.9 Å². The van der Waals surface area contributed by atoms with Gasteiger partial charge in [-0.3, -0.25) is 7.32 Å². The van der Waals surface area contributed by atoms with E-state index in [1.165, 1.54) is 0 Å². The summed E-state index contributed by atoms with van der Waals surface area (Å²) in [4.78, 5) is 8.38. The Morgan fingerprint density at radius 2 is 0.697 bits per heavy atom. The smallest absolute Gasteiger partial charge is 0.176 e. The maximum Gasteiger partial charge on any atom is 0.176 e. The van der Waals surface area contributed by atoms with E-state index in [9.17, 15) is 0 Å². The second-order valence-electron chi connectivity index (χ2n) is 6.79. The van der Waals surface area contributed by atoms with Gasteiger partial charge in [0.2, 0.25) is 0 Å². The van der Waals surface area contributed by atoms with Crippen LogP contribution in [0.2, 0.25) is 0 Å². The van der Waals surface area contributed by atoms with Gasteiger partial charge >= 0.3 is 0 Å². The number of halogens is 1. The van der Waals surface area contributed by atoms with Gasteiger partial charge in [0, 0.05) is 28.2 Å². The zero-order chi connectivity index (χ0) is 24.0. The first-order chi connectivity index (χ1) is 15.3. The van der Waals surface area contributed by atoms with Crippen LogP contribution in [0.25, 0.3) is 0 Å². The van der Waals surface area contributed by atoms with Crippen molar-refractivity contribution in [3.05, 3.63) is 97.7 Å². The van der Waals surface area contributed by atoms with Crippen molar-refractivity contribution in [3.63, 3.8) is 0 Å². The maximum atomic E-state index is 8.42. The van der Waals surface area contributed by atoms with Gasteiger partial charge in [-0.05, 0) is 0 Å². The van der Waals surface area contributed by atoms with E-state index in [1.807, 2.05) is 102 Å². The summed E-state index contributed by atoms with van der Waals surface area (Å²) in [5, 5.41) is 25.2. The SMILES string of the molecule is CN1C=C[C+]=CC1.CN1C=C[C+]=CC1.CN1C=C[C+]=CC1.CN1C=C[C+]=CC1.[I-].[O-]B([O-])[O-]. The number of rotatable bonds is 0. The maximum absolute atomic E-state index is 8.42. The molecule has 4 heterocycles. The van der Waals surface area contributed by atoms with E-state index in [0.717, 1.165) is 26.2 Å². The van der Waals surface area contributed by atoms with Crippen LogP contribution in [0.15, 0.2) is 73.4 Å². The molecule has 0 saturated heterocycles. The normalized spacial score (nSPS) is 15.2. The van der Waals surface area contributed by atoms with Crippen LogP contribution < -0.4 is 39.0 Å². The molecule has 176 valence electrons. The highest BCUT2D eigenvalue weighted by Crippen LogP contribution is 1.92. The summed E-state index contributed by atoms with van der Waals surface area (Å²) in [6, 6.07) is 0. The Morgan fingerprint density at radius 3 is 0.758 bits per heavy atom. The molecule has 0 unspecified atom stereocenters. The molecule has 0 bridgehead atoms. The Morgan fingerprint density at radius 1 is 0.515 bits per heavy atom. The lowest BCUT2D eigenvalue weighted by Crippen LogP contribution is -3.00. The van der Waals surface area contributed by atoms with Crippen LogP contribution in [-0.2, 0) is 0 Å². The Bertz CT molecular complexity index is 589. The molecule has 0 fully saturated rings. The predicted molar refractivity (Wildman–Crippen MR) is 124 cm³/mol. The quantitative estimate of drug-likeness (QED) is 0.171. The Kier molecular flexibility index (Phi) is 22.4. The van der Waals surface area contributed by atoms with Crippen LogP contribution in [0, 0.1) is 24.3 Å². The molecule has 4 aliphatic heterocycles. The van der Waals surface area contributed by atoms with Gasteiger partial charge in [-0.2, -0.15) is 0 Å². The van der Waals surface area contributed by atoms with Crippen LogP contribution in [0.4, 0.5) is 0 Å². The molecule has 0 amide bonds. The van der Waals surface area contributed by atoms with E-state index in [-0.39, 0.29) is 24.0 Å². The monoisotopic (exact) mass is 562 g/mol. The highest BCUT2D eigenvalue weighted by Gasteiger charge is 1.98. The molecule has 33 heavy (non-hydrogen) atoms. The third-order valence-corrected chi connectivity index (χ3v) is 3.69. The molecule has 9 heteroatoms. The van der Waals surface area contributed by atoms with Crippen molar-refractivity contribution >= 4 is 7.32 Å². The van der Waals surface area contributed by atoms with Crippen molar-refractivity contribution in [2.75, 3.05) is 54.4 Å². The molecule has 0 N–H and O–H groups in total. The number of hydrogen-bond acceptors (Lipinski definition) is 7. The lowest BCUT2D eigenvalue weighted by Gasteiger charge is -2.35. The van der Waals surface area contributed by atoms with Crippen LogP contribution in [0.5, 0.6) is 0 Å². The van der Waals surface area contributed by atoms with Crippen molar-refractivity contribution in [1.29, 1.82) is 0 Å². The molecule has 0 atom stereocenters. The van der Waals surface area contributed by atoms with Gasteiger partial charge in [-0.1, -0.05) is 0 Å². The molecule has 7 nitrogen and oxygen atoms in total. The van der Waals surface area contributed by atoms with Crippen molar-refractivity contribution in [3.8, 4) is 0 Å². The fourth-order valence-corrected chi connectivity index (χ4v) is 1.98. The van der Waals surface area contributed by atoms with Gasteiger partial charge in [0.1, 0.15) is 24.8 Å². The Labute approximate surface area is 217 Å². The van der Waals surface area contributed by atoms with Crippen molar-refractivity contribution in [2.45, 2.75) is 0 Å². The molecular weight excluding hydrogens is 530 g/mol. The lowest BCUT2D eigenvalue weighted by atomic mass is 10.3. The van der Waals surface area contributed by atoms with Gasteiger partial charge in [0.15, 0.2) is 24.3 Å². The van der Waals surface area contributed by atoms with E-state index >= 15 is 0 Å². The molecule has 0 saturated carbocycles. The fourth-order valence-electron chi connectivity index (χ4n) is 1.98. The molecule has 0 aliphatic carbocycles. The standard InChI is InChI=1S/4C6H8N.BO3.HI/c4*1-7-5-3-2-4-6-7;2-1(3)4;/h4*3-5H,6H2,1H3;;1H/q4*+1;-3;/p-1. The summed E-state index contributed by atoms with van der Waals surface area (Å²) in [7, 11) is 5.23. The number of nitrogens with zero attached hydrogens (tertiary/aromatic N) is 4. The van der Waals surface area contributed by atoms with Crippen molar-refractivity contribution in [2.24, 2.45) is 0 Å². The highest BCUT2D eigenvalue weighted by atomic mass is 127. The summed E-state index contributed by atoms with van der Waals surface area (Å²) in [6.07, 6.45) is 35.5. The topological polar surface area (TPSA) is 82.1 Å². The number of allylic oxidation sites excluding steroid dienone is 8. The van der Waals surface area contributed by atoms with Gasteiger partial charge in [-0.15, -0.1) is 0 Å². The van der Waals surface area contributed by atoms with Crippen LogP contribution in [0.1, 0.15) is 0 Å². The van der Waals surface area contributed by atoms with E-state index in [4.69, 9.17) is 15.1 Å². The van der Waals surface area contributed by atoms with E-state index in [0.29, 0.717) is 0 Å². The molecule has 4 rings (SSSR count). The van der Waals surface area contributed by atoms with Crippen molar-refractivity contribution < 1.29 is 39.0 Å². The lowest BCUT2D eigenvalue weighted by molar-refractivity contribution is -0.479. The van der Waals surface area contributed by atoms with Gasteiger partial charge in [0.05, 0.1) is 74.8 Å². The molecule has 0 aromatic heterocycles. The second kappa shape index (κ2) is 22.6. The van der Waals surface area contributed by atoms with Gasteiger partial charge in [0.25, 0.3) is 0 Å². The van der Waals surface area contributed by atoms with E-state index in [1.54, 1.807) is 0 Å². The molecule has 0 aromatic rings. The van der Waals surface area contributed by atoms with Crippen molar-refractivity contribution in [1.82, 2.24) is 19.6 Å². The average Bonchev–Trinajstić information content (AvgIpc) is 2.77. The zero-order valence-electron chi connectivity index (χ0n) is 19.7. The first kappa shape index (κ1) is 32.6. The third kappa shape index (κ3) is 25.6. The first-order valence-electron chi connectivity index (χ1n) is 10.1. The number of likely N-dealkylation sites (N-methyl/N-ethyl adjacent to an activating group) is 4. The molecular formula is C24H32BIN4O3. The third-order valence-electron chi connectivity index (χ3n) is 3.69. The first-order valence-corrected chi connectivity index (χ1v) is 10.1. The largest absolute Gasteiger partial charge is 1.00 e. The molecule has 0 spiro atoms. The highest BCUT2D eigenvalue weighted by molar-refractivity contribution is 6.24. The Hall–Kier alpha value is -2.57. The average molecular weight is 562 g/mol. The fraction of sp³-hybridized carbons (Fsp3) is 0.333. The van der Waals surface area contributed by atoms with Gasteiger partial charge < -0.3 is 58.6 Å². The molecule has 0 aromatic carbocycles. The summed E-state index contributed by atoms with van der Waals surface area (Å²) >= 11 is 0. The van der Waals surface area contributed by atoms with Crippen LogP contribution in [-0.4, -0.2) is 81.3 Å². The zero-order valence-corrected chi connectivity index (χ0v) is 21.9. The van der Waals surface area contributed by atoms with Crippen LogP contribution in [0.3, 0.4) is 0 Å².